The van der Waals surface area contributed by atoms with Gasteiger partial charge in [0, 0.05) is 11.4 Å². The predicted octanol–water partition coefficient (Wildman–Crippen LogP) is 2.87. The number of hydrogen-bond donors (Lipinski definition) is 0. The van der Waals surface area contributed by atoms with E-state index in [0.29, 0.717) is 5.92 Å². The standard InChI is InChI=1S/C17H23N3O2/c1-11-6-4-5-7-16(11)22-10-15(21)14(9-18)17-19-12(2)8-13(3)20-17/h8,11,14,16H,4-7,10H2,1-3H3/t11-,14-,16+/m1/s1. The number of rotatable bonds is 5. The van der Waals surface area contributed by atoms with Crippen molar-refractivity contribution in [2.45, 2.75) is 58.5 Å². The van der Waals surface area contributed by atoms with E-state index in [1.165, 1.54) is 6.42 Å². The van der Waals surface area contributed by atoms with E-state index in [2.05, 4.69) is 16.9 Å². The molecule has 1 aromatic rings. The van der Waals surface area contributed by atoms with Gasteiger partial charge in [0.05, 0.1) is 12.2 Å². The van der Waals surface area contributed by atoms with Gasteiger partial charge in [0.2, 0.25) is 0 Å². The molecule has 0 unspecified atom stereocenters. The van der Waals surface area contributed by atoms with Gasteiger partial charge in [-0.3, -0.25) is 4.79 Å². The van der Waals surface area contributed by atoms with Crippen LogP contribution in [0.15, 0.2) is 6.07 Å². The second-order valence-corrected chi connectivity index (χ2v) is 6.15. The van der Waals surface area contributed by atoms with Crippen LogP contribution in [0, 0.1) is 31.1 Å². The summed E-state index contributed by atoms with van der Waals surface area (Å²) < 4.78 is 5.77. The van der Waals surface area contributed by atoms with Crippen LogP contribution in [0.4, 0.5) is 0 Å². The Kier molecular flexibility index (Phi) is 5.62. The quantitative estimate of drug-likeness (QED) is 0.836. The number of ketones is 1. The van der Waals surface area contributed by atoms with Gasteiger partial charge < -0.3 is 4.74 Å². The van der Waals surface area contributed by atoms with Crippen molar-refractivity contribution in [1.29, 1.82) is 5.26 Å². The maximum Gasteiger partial charge on any atom is 0.183 e. The summed E-state index contributed by atoms with van der Waals surface area (Å²) in [7, 11) is 0. The van der Waals surface area contributed by atoms with Crippen molar-refractivity contribution in [2.75, 3.05) is 6.61 Å². The minimum absolute atomic E-state index is 0.0381. The summed E-state index contributed by atoms with van der Waals surface area (Å²) in [5.74, 6) is -0.451. The van der Waals surface area contributed by atoms with E-state index < -0.39 is 5.92 Å². The maximum atomic E-state index is 12.3. The van der Waals surface area contributed by atoms with E-state index in [1.54, 1.807) is 0 Å². The Morgan fingerprint density at radius 3 is 2.59 bits per heavy atom. The molecule has 0 spiro atoms. The molecule has 1 aliphatic carbocycles. The van der Waals surface area contributed by atoms with E-state index in [9.17, 15) is 10.1 Å². The molecule has 1 aromatic heterocycles. The van der Waals surface area contributed by atoms with Gasteiger partial charge in [-0.25, -0.2) is 9.97 Å². The molecule has 0 aromatic carbocycles. The fourth-order valence-electron chi connectivity index (χ4n) is 2.96. The Morgan fingerprint density at radius 2 is 2.00 bits per heavy atom. The first-order valence-electron chi connectivity index (χ1n) is 7.87. The third-order valence-corrected chi connectivity index (χ3v) is 4.18. The van der Waals surface area contributed by atoms with Crippen molar-refractivity contribution in [3.63, 3.8) is 0 Å². The van der Waals surface area contributed by atoms with E-state index in [0.717, 1.165) is 30.7 Å². The Labute approximate surface area is 131 Å². The highest BCUT2D eigenvalue weighted by Gasteiger charge is 2.27. The molecular weight excluding hydrogens is 278 g/mol. The molecule has 0 saturated heterocycles. The maximum absolute atomic E-state index is 12.3. The Balaban J connectivity index is 2.01. The molecule has 5 heteroatoms. The molecule has 1 fully saturated rings. The number of hydrogen-bond acceptors (Lipinski definition) is 5. The molecule has 0 amide bonds. The molecule has 22 heavy (non-hydrogen) atoms. The zero-order chi connectivity index (χ0) is 16.1. The van der Waals surface area contributed by atoms with Crippen molar-refractivity contribution in [3.8, 4) is 6.07 Å². The summed E-state index contributed by atoms with van der Waals surface area (Å²) in [6.07, 6.45) is 4.63. The van der Waals surface area contributed by atoms with Crippen molar-refractivity contribution < 1.29 is 9.53 Å². The average molecular weight is 301 g/mol. The first kappa shape index (κ1) is 16.6. The second-order valence-electron chi connectivity index (χ2n) is 6.15. The van der Waals surface area contributed by atoms with Gasteiger partial charge in [-0.1, -0.05) is 19.8 Å². The molecule has 0 aliphatic heterocycles. The number of ether oxygens (including phenoxy) is 1. The number of carbonyl (C=O) groups is 1. The zero-order valence-corrected chi connectivity index (χ0v) is 13.5. The SMILES string of the molecule is Cc1cc(C)nc([C@H](C#N)C(=O)CO[C@H]2CCCC[C@H]2C)n1. The highest BCUT2D eigenvalue weighted by molar-refractivity contribution is 5.88. The highest BCUT2D eigenvalue weighted by Crippen LogP contribution is 2.26. The normalized spacial score (nSPS) is 22.8. The molecule has 5 nitrogen and oxygen atoms in total. The molecule has 0 radical (unpaired) electrons. The Morgan fingerprint density at radius 1 is 1.36 bits per heavy atom. The molecule has 118 valence electrons. The summed E-state index contributed by atoms with van der Waals surface area (Å²) >= 11 is 0. The fourth-order valence-corrected chi connectivity index (χ4v) is 2.96. The molecule has 0 bridgehead atoms. The molecule has 1 saturated carbocycles. The summed E-state index contributed by atoms with van der Waals surface area (Å²) in [5, 5.41) is 9.31. The van der Waals surface area contributed by atoms with Gasteiger partial charge in [0.1, 0.15) is 6.61 Å². The first-order valence-corrected chi connectivity index (χ1v) is 7.87. The smallest absolute Gasteiger partial charge is 0.183 e. The van der Waals surface area contributed by atoms with Gasteiger partial charge in [-0.15, -0.1) is 0 Å². The fraction of sp³-hybridized carbons (Fsp3) is 0.647. The number of aryl methyl sites for hydroxylation is 2. The number of Topliss-reactive ketones (excluding diaryl/α,β-unsaturated/α-hetero) is 1. The van der Waals surface area contributed by atoms with Crippen LogP contribution in [-0.2, 0) is 9.53 Å². The minimum atomic E-state index is -0.947. The summed E-state index contributed by atoms with van der Waals surface area (Å²) in [5.41, 5.74) is 1.52. The van der Waals surface area contributed by atoms with Gasteiger partial charge in [0.25, 0.3) is 0 Å². The third-order valence-electron chi connectivity index (χ3n) is 4.18. The first-order chi connectivity index (χ1) is 10.5. The number of nitrogens with zero attached hydrogens (tertiary/aromatic N) is 3. The summed E-state index contributed by atoms with van der Waals surface area (Å²) in [4.78, 5) is 20.8. The van der Waals surface area contributed by atoms with Crippen LogP contribution in [0.2, 0.25) is 0 Å². The van der Waals surface area contributed by atoms with Crippen LogP contribution in [0.1, 0.15) is 55.7 Å². The lowest BCUT2D eigenvalue weighted by Crippen LogP contribution is -2.29. The van der Waals surface area contributed by atoms with Crippen molar-refractivity contribution >= 4 is 5.78 Å². The van der Waals surface area contributed by atoms with Crippen LogP contribution in [0.25, 0.3) is 0 Å². The van der Waals surface area contributed by atoms with E-state index >= 15 is 0 Å². The number of carbonyl (C=O) groups excluding carboxylic acids is 1. The lowest BCUT2D eigenvalue weighted by Gasteiger charge is -2.28. The van der Waals surface area contributed by atoms with Gasteiger partial charge in [-0.05, 0) is 38.7 Å². The van der Waals surface area contributed by atoms with Crippen LogP contribution < -0.4 is 0 Å². The third kappa shape index (κ3) is 4.11. The number of aromatic nitrogens is 2. The molecule has 2 rings (SSSR count). The van der Waals surface area contributed by atoms with Crippen LogP contribution in [-0.4, -0.2) is 28.5 Å². The van der Waals surface area contributed by atoms with Crippen LogP contribution >= 0.6 is 0 Å². The van der Waals surface area contributed by atoms with E-state index in [1.807, 2.05) is 26.0 Å². The van der Waals surface area contributed by atoms with Gasteiger partial charge in [0.15, 0.2) is 17.5 Å². The number of nitriles is 1. The Bertz CT molecular complexity index is 560. The lowest BCUT2D eigenvalue weighted by molar-refractivity contribution is -0.127. The van der Waals surface area contributed by atoms with Gasteiger partial charge in [-0.2, -0.15) is 5.26 Å². The molecule has 3 atom stereocenters. The lowest BCUT2D eigenvalue weighted by atomic mass is 9.88. The van der Waals surface area contributed by atoms with E-state index in [4.69, 9.17) is 4.74 Å². The zero-order valence-electron chi connectivity index (χ0n) is 13.5. The van der Waals surface area contributed by atoms with Gasteiger partial charge >= 0.3 is 0 Å². The van der Waals surface area contributed by atoms with Crippen LogP contribution in [0.5, 0.6) is 0 Å². The molecule has 1 heterocycles. The van der Waals surface area contributed by atoms with Crippen molar-refractivity contribution in [2.24, 2.45) is 5.92 Å². The van der Waals surface area contributed by atoms with Crippen LogP contribution in [0.3, 0.4) is 0 Å². The van der Waals surface area contributed by atoms with Crippen molar-refractivity contribution in [3.05, 3.63) is 23.3 Å². The topological polar surface area (TPSA) is 75.9 Å². The second kappa shape index (κ2) is 7.46. The molecule has 1 aliphatic rings. The summed E-state index contributed by atoms with van der Waals surface area (Å²) in [6, 6.07) is 3.84. The average Bonchev–Trinajstić information content (AvgIpc) is 2.46. The largest absolute Gasteiger partial charge is 0.370 e. The van der Waals surface area contributed by atoms with Crippen molar-refractivity contribution in [1.82, 2.24) is 9.97 Å². The minimum Gasteiger partial charge on any atom is -0.370 e. The molecule has 0 N–H and O–H groups in total. The highest BCUT2D eigenvalue weighted by atomic mass is 16.5. The summed E-state index contributed by atoms with van der Waals surface area (Å²) in [6.45, 7) is 5.78. The molecular formula is C17H23N3O2. The monoisotopic (exact) mass is 301 g/mol. The van der Waals surface area contributed by atoms with E-state index in [-0.39, 0.29) is 24.3 Å². The Hall–Kier alpha value is -1.80. The predicted molar refractivity (Wildman–Crippen MR) is 82.2 cm³/mol.